The summed E-state index contributed by atoms with van der Waals surface area (Å²) in [6.07, 6.45) is 0. The van der Waals surface area contributed by atoms with Crippen LogP contribution in [0.15, 0.2) is 36.4 Å². The van der Waals surface area contributed by atoms with E-state index in [0.29, 0.717) is 5.92 Å². The SMILES string of the molecule is Cc1cc2nn(-c3ccc(C(C)C)cc3)nc2cc1NC(=O)C(C)(C)C. The number of hydrogen-bond donors (Lipinski definition) is 1. The number of aryl methyl sites for hydroxylation is 1. The average molecular weight is 350 g/mol. The highest BCUT2D eigenvalue weighted by Crippen LogP contribution is 2.25. The quantitative estimate of drug-likeness (QED) is 0.735. The maximum atomic E-state index is 12.3. The number of nitrogens with zero attached hydrogens (tertiary/aromatic N) is 3. The first kappa shape index (κ1) is 18.1. The van der Waals surface area contributed by atoms with E-state index in [2.05, 4.69) is 41.5 Å². The van der Waals surface area contributed by atoms with Crippen LogP contribution in [0.25, 0.3) is 16.7 Å². The van der Waals surface area contributed by atoms with Gasteiger partial charge in [0, 0.05) is 11.1 Å². The highest BCUT2D eigenvalue weighted by atomic mass is 16.2. The molecule has 2 aromatic carbocycles. The minimum Gasteiger partial charge on any atom is -0.325 e. The molecule has 0 bridgehead atoms. The summed E-state index contributed by atoms with van der Waals surface area (Å²) in [6.45, 7) is 12.0. The lowest BCUT2D eigenvalue weighted by molar-refractivity contribution is -0.123. The highest BCUT2D eigenvalue weighted by molar-refractivity contribution is 5.97. The fraction of sp³-hybridized carbons (Fsp3) is 0.381. The molecular weight excluding hydrogens is 324 g/mol. The van der Waals surface area contributed by atoms with Crippen molar-refractivity contribution < 1.29 is 4.79 Å². The number of benzene rings is 2. The number of amides is 1. The molecule has 0 fully saturated rings. The lowest BCUT2D eigenvalue weighted by atomic mass is 9.95. The molecule has 0 aliphatic heterocycles. The van der Waals surface area contributed by atoms with Crippen molar-refractivity contribution in [2.24, 2.45) is 5.41 Å². The van der Waals surface area contributed by atoms with Gasteiger partial charge < -0.3 is 5.32 Å². The Balaban J connectivity index is 1.95. The summed E-state index contributed by atoms with van der Waals surface area (Å²) in [4.78, 5) is 13.9. The second-order valence-corrected chi connectivity index (χ2v) is 8.10. The van der Waals surface area contributed by atoms with Crippen LogP contribution in [-0.2, 0) is 4.79 Å². The minimum absolute atomic E-state index is 0.0170. The molecule has 0 saturated heterocycles. The molecule has 5 nitrogen and oxygen atoms in total. The van der Waals surface area contributed by atoms with Crippen molar-refractivity contribution in [3.63, 3.8) is 0 Å². The first-order chi connectivity index (χ1) is 12.1. The summed E-state index contributed by atoms with van der Waals surface area (Å²) in [5.74, 6) is 0.474. The van der Waals surface area contributed by atoms with E-state index in [9.17, 15) is 4.79 Å². The van der Waals surface area contributed by atoms with Crippen LogP contribution in [0.3, 0.4) is 0 Å². The molecule has 3 rings (SSSR count). The van der Waals surface area contributed by atoms with Crippen LogP contribution in [-0.4, -0.2) is 20.9 Å². The Bertz CT molecular complexity index is 947. The number of carbonyl (C=O) groups is 1. The Morgan fingerprint density at radius 3 is 2.15 bits per heavy atom. The number of anilines is 1. The van der Waals surface area contributed by atoms with E-state index < -0.39 is 5.41 Å². The molecule has 3 aromatic rings. The van der Waals surface area contributed by atoms with Gasteiger partial charge in [0.15, 0.2) is 0 Å². The number of nitrogens with one attached hydrogen (secondary N) is 1. The molecule has 5 heteroatoms. The zero-order chi connectivity index (χ0) is 19.1. The van der Waals surface area contributed by atoms with Crippen molar-refractivity contribution in [2.45, 2.75) is 47.5 Å². The van der Waals surface area contributed by atoms with E-state index in [1.807, 2.05) is 52.0 Å². The Kier molecular flexibility index (Phi) is 4.57. The van der Waals surface area contributed by atoms with E-state index in [1.54, 1.807) is 4.80 Å². The normalized spacial score (nSPS) is 12.0. The Hall–Kier alpha value is -2.69. The summed E-state index contributed by atoms with van der Waals surface area (Å²) in [6, 6.07) is 12.1. The van der Waals surface area contributed by atoms with Gasteiger partial charge in [0.2, 0.25) is 5.91 Å². The topological polar surface area (TPSA) is 59.8 Å². The van der Waals surface area contributed by atoms with Gasteiger partial charge in [-0.2, -0.15) is 4.80 Å². The van der Waals surface area contributed by atoms with Crippen LogP contribution >= 0.6 is 0 Å². The van der Waals surface area contributed by atoms with Gasteiger partial charge in [-0.3, -0.25) is 4.79 Å². The third-order valence-corrected chi connectivity index (χ3v) is 4.45. The number of aromatic nitrogens is 3. The molecule has 0 unspecified atom stereocenters. The van der Waals surface area contributed by atoms with Gasteiger partial charge in [0.1, 0.15) is 11.0 Å². The van der Waals surface area contributed by atoms with Crippen molar-refractivity contribution in [1.82, 2.24) is 15.0 Å². The standard InChI is InChI=1S/C21H26N4O/c1-13(2)15-7-9-16(10-8-15)25-23-18-11-14(3)17(12-19(18)24-25)22-20(26)21(4,5)6/h7-13H,1-6H3,(H,22,26). The molecule has 1 amide bonds. The van der Waals surface area contributed by atoms with Gasteiger partial charge in [-0.1, -0.05) is 46.8 Å². The average Bonchev–Trinajstić information content (AvgIpc) is 2.97. The van der Waals surface area contributed by atoms with E-state index in [0.717, 1.165) is 28.0 Å². The van der Waals surface area contributed by atoms with Gasteiger partial charge >= 0.3 is 0 Å². The maximum Gasteiger partial charge on any atom is 0.229 e. The largest absolute Gasteiger partial charge is 0.325 e. The number of carbonyl (C=O) groups excluding carboxylic acids is 1. The molecule has 0 aliphatic rings. The molecule has 0 aliphatic carbocycles. The maximum absolute atomic E-state index is 12.3. The monoisotopic (exact) mass is 350 g/mol. The zero-order valence-electron chi connectivity index (χ0n) is 16.3. The molecule has 0 saturated carbocycles. The summed E-state index contributed by atoms with van der Waals surface area (Å²) in [5.41, 5.74) is 5.07. The van der Waals surface area contributed by atoms with Crippen molar-refractivity contribution in [2.75, 3.05) is 5.32 Å². The molecule has 0 radical (unpaired) electrons. The van der Waals surface area contributed by atoms with Gasteiger partial charge in [0.25, 0.3) is 0 Å². The number of hydrogen-bond acceptors (Lipinski definition) is 3. The van der Waals surface area contributed by atoms with E-state index in [1.165, 1.54) is 5.56 Å². The van der Waals surface area contributed by atoms with Crippen LogP contribution in [0.2, 0.25) is 0 Å². The molecule has 26 heavy (non-hydrogen) atoms. The summed E-state index contributed by atoms with van der Waals surface area (Å²) >= 11 is 0. The van der Waals surface area contributed by atoms with Gasteiger partial charge in [0.05, 0.1) is 5.69 Å². The van der Waals surface area contributed by atoms with Crippen LogP contribution in [0, 0.1) is 12.3 Å². The lowest BCUT2D eigenvalue weighted by Crippen LogP contribution is -2.27. The fourth-order valence-corrected chi connectivity index (χ4v) is 2.62. The third kappa shape index (κ3) is 3.62. The fourth-order valence-electron chi connectivity index (χ4n) is 2.62. The van der Waals surface area contributed by atoms with Crippen LogP contribution < -0.4 is 5.32 Å². The van der Waals surface area contributed by atoms with E-state index in [4.69, 9.17) is 0 Å². The Labute approximate surface area is 154 Å². The highest BCUT2D eigenvalue weighted by Gasteiger charge is 2.22. The number of fused-ring (bicyclic) bond motifs is 1. The van der Waals surface area contributed by atoms with E-state index in [-0.39, 0.29) is 5.91 Å². The third-order valence-electron chi connectivity index (χ3n) is 4.45. The molecule has 136 valence electrons. The summed E-state index contributed by atoms with van der Waals surface area (Å²) in [7, 11) is 0. The molecular formula is C21H26N4O. The Morgan fingerprint density at radius 1 is 1.04 bits per heavy atom. The number of rotatable bonds is 3. The molecule has 1 N–H and O–H groups in total. The van der Waals surface area contributed by atoms with Gasteiger partial charge in [-0.05, 0) is 48.2 Å². The molecule has 0 atom stereocenters. The Morgan fingerprint density at radius 2 is 1.62 bits per heavy atom. The van der Waals surface area contributed by atoms with Crippen molar-refractivity contribution in [1.29, 1.82) is 0 Å². The summed E-state index contributed by atoms with van der Waals surface area (Å²) < 4.78 is 0. The van der Waals surface area contributed by atoms with Crippen LogP contribution in [0.1, 0.15) is 51.7 Å². The zero-order valence-corrected chi connectivity index (χ0v) is 16.3. The second kappa shape index (κ2) is 6.56. The van der Waals surface area contributed by atoms with Crippen molar-refractivity contribution in [3.05, 3.63) is 47.5 Å². The van der Waals surface area contributed by atoms with E-state index >= 15 is 0 Å². The molecule has 1 heterocycles. The minimum atomic E-state index is -0.447. The molecule has 0 spiro atoms. The van der Waals surface area contributed by atoms with Crippen molar-refractivity contribution in [3.8, 4) is 5.69 Å². The van der Waals surface area contributed by atoms with Crippen LogP contribution in [0.4, 0.5) is 5.69 Å². The van der Waals surface area contributed by atoms with Crippen LogP contribution in [0.5, 0.6) is 0 Å². The van der Waals surface area contributed by atoms with Gasteiger partial charge in [-0.15, -0.1) is 10.2 Å². The van der Waals surface area contributed by atoms with Gasteiger partial charge in [-0.25, -0.2) is 0 Å². The smallest absolute Gasteiger partial charge is 0.229 e. The first-order valence-electron chi connectivity index (χ1n) is 8.94. The summed E-state index contributed by atoms with van der Waals surface area (Å²) in [5, 5.41) is 12.2. The predicted molar refractivity (Wildman–Crippen MR) is 106 cm³/mol. The predicted octanol–water partition coefficient (Wildman–Crippen LogP) is 4.84. The van der Waals surface area contributed by atoms with Crippen molar-refractivity contribution >= 4 is 22.6 Å². The second-order valence-electron chi connectivity index (χ2n) is 8.10. The first-order valence-corrected chi connectivity index (χ1v) is 8.94. The molecule has 1 aromatic heterocycles. The lowest BCUT2D eigenvalue weighted by Gasteiger charge is -2.18.